The highest BCUT2D eigenvalue weighted by Gasteiger charge is 2.17. The topological polar surface area (TPSA) is 106 Å². The van der Waals surface area contributed by atoms with Crippen LogP contribution in [0.3, 0.4) is 0 Å². The SMILES string of the molecule is CCCCC(Oc1ccc(C(=N)N)cc1)Oc1ccc(-c2nc(NC)sc2CCN2CCOCC2)cc1. The molecule has 1 unspecified atom stereocenters. The summed E-state index contributed by atoms with van der Waals surface area (Å²) in [5.74, 6) is 1.48. The molecule has 37 heavy (non-hydrogen) atoms. The Morgan fingerprint density at radius 3 is 2.35 bits per heavy atom. The minimum atomic E-state index is -0.409. The van der Waals surface area contributed by atoms with Gasteiger partial charge in [0.1, 0.15) is 17.3 Å². The Balaban J connectivity index is 1.43. The molecule has 0 aliphatic carbocycles. The second-order valence-corrected chi connectivity index (χ2v) is 10.1. The summed E-state index contributed by atoms with van der Waals surface area (Å²) >= 11 is 1.72. The van der Waals surface area contributed by atoms with Crippen molar-refractivity contribution in [3.63, 3.8) is 0 Å². The first kappa shape index (κ1) is 26.9. The molecule has 4 N–H and O–H groups in total. The molecule has 1 aliphatic rings. The van der Waals surface area contributed by atoms with Crippen LogP contribution < -0.4 is 20.5 Å². The zero-order valence-electron chi connectivity index (χ0n) is 21.7. The summed E-state index contributed by atoms with van der Waals surface area (Å²) < 4.78 is 17.8. The van der Waals surface area contributed by atoms with Crippen molar-refractivity contribution in [3.05, 3.63) is 59.0 Å². The highest BCUT2D eigenvalue weighted by Crippen LogP contribution is 2.33. The van der Waals surface area contributed by atoms with Gasteiger partial charge in [-0.2, -0.15) is 0 Å². The number of nitrogens with one attached hydrogen (secondary N) is 2. The number of benzene rings is 2. The Kier molecular flexibility index (Phi) is 9.76. The largest absolute Gasteiger partial charge is 0.455 e. The fraction of sp³-hybridized carbons (Fsp3) is 0.429. The number of aromatic nitrogens is 1. The molecule has 9 heteroatoms. The van der Waals surface area contributed by atoms with Crippen molar-refractivity contribution < 1.29 is 14.2 Å². The van der Waals surface area contributed by atoms with Crippen molar-refractivity contribution in [2.45, 2.75) is 38.9 Å². The standard InChI is InChI=1S/C28H37N5O3S/c1-3-4-5-25(36-23-12-8-21(9-13-23)27(29)30)35-22-10-6-20(7-11-22)26-24(37-28(31-2)32-26)14-15-33-16-18-34-19-17-33/h6-13,25H,3-5,14-19H2,1-2H3,(H3,29,30)(H,31,32). The lowest BCUT2D eigenvalue weighted by Gasteiger charge is -2.26. The van der Waals surface area contributed by atoms with E-state index in [9.17, 15) is 0 Å². The van der Waals surface area contributed by atoms with Gasteiger partial charge in [-0.1, -0.05) is 13.3 Å². The van der Waals surface area contributed by atoms with Gasteiger partial charge in [-0.05, 0) is 61.4 Å². The number of unbranched alkanes of at least 4 members (excludes halogenated alkanes) is 1. The molecule has 3 aromatic rings. The number of hydrogen-bond acceptors (Lipinski definition) is 8. The third-order valence-electron chi connectivity index (χ3n) is 6.29. The number of morpholine rings is 1. The number of hydrogen-bond donors (Lipinski definition) is 3. The zero-order valence-corrected chi connectivity index (χ0v) is 22.5. The zero-order chi connectivity index (χ0) is 26.0. The van der Waals surface area contributed by atoms with Crippen molar-refractivity contribution in [1.29, 1.82) is 5.41 Å². The van der Waals surface area contributed by atoms with Crippen molar-refractivity contribution in [2.75, 3.05) is 45.2 Å². The first-order valence-electron chi connectivity index (χ1n) is 12.9. The summed E-state index contributed by atoms with van der Waals surface area (Å²) in [7, 11) is 1.91. The molecule has 1 atom stereocenters. The highest BCUT2D eigenvalue weighted by molar-refractivity contribution is 7.16. The molecule has 0 spiro atoms. The van der Waals surface area contributed by atoms with E-state index < -0.39 is 6.29 Å². The van der Waals surface area contributed by atoms with Crippen LogP contribution in [-0.4, -0.2) is 61.9 Å². The molecular weight excluding hydrogens is 486 g/mol. The van der Waals surface area contributed by atoms with Crippen LogP contribution >= 0.6 is 11.3 Å². The molecule has 1 aromatic heterocycles. The van der Waals surface area contributed by atoms with Crippen molar-refractivity contribution in [1.82, 2.24) is 9.88 Å². The molecular formula is C28H37N5O3S. The van der Waals surface area contributed by atoms with Gasteiger partial charge in [-0.25, -0.2) is 4.98 Å². The number of nitrogens with two attached hydrogens (primary N) is 1. The molecule has 2 heterocycles. The second kappa shape index (κ2) is 13.4. The molecule has 0 amide bonds. The predicted molar refractivity (Wildman–Crippen MR) is 150 cm³/mol. The Bertz CT molecular complexity index is 1130. The van der Waals surface area contributed by atoms with Crippen LogP contribution in [0.25, 0.3) is 11.3 Å². The smallest absolute Gasteiger partial charge is 0.241 e. The van der Waals surface area contributed by atoms with Crippen LogP contribution in [0.15, 0.2) is 48.5 Å². The number of ether oxygens (including phenoxy) is 3. The number of anilines is 1. The lowest BCUT2D eigenvalue weighted by Crippen LogP contribution is -2.37. The van der Waals surface area contributed by atoms with Crippen molar-refractivity contribution in [2.24, 2.45) is 5.73 Å². The minimum Gasteiger partial charge on any atom is -0.455 e. The van der Waals surface area contributed by atoms with Gasteiger partial charge in [0.05, 0.1) is 18.9 Å². The summed E-state index contributed by atoms with van der Waals surface area (Å²) in [5.41, 5.74) is 8.33. The van der Waals surface area contributed by atoms with E-state index in [4.69, 9.17) is 30.3 Å². The Morgan fingerprint density at radius 2 is 1.76 bits per heavy atom. The molecule has 1 aliphatic heterocycles. The van der Waals surface area contributed by atoms with Crippen LogP contribution in [0.4, 0.5) is 5.13 Å². The molecule has 1 fully saturated rings. The normalized spacial score (nSPS) is 14.8. The summed E-state index contributed by atoms with van der Waals surface area (Å²) in [6.45, 7) is 6.75. The number of amidine groups is 1. The number of thiazole rings is 1. The van der Waals surface area contributed by atoms with Crippen molar-refractivity contribution in [3.8, 4) is 22.8 Å². The van der Waals surface area contributed by atoms with Crippen LogP contribution in [-0.2, 0) is 11.2 Å². The molecule has 2 aromatic carbocycles. The first-order valence-corrected chi connectivity index (χ1v) is 13.7. The lowest BCUT2D eigenvalue weighted by atomic mass is 10.1. The van der Waals surface area contributed by atoms with E-state index in [-0.39, 0.29) is 5.84 Å². The third-order valence-corrected chi connectivity index (χ3v) is 7.42. The van der Waals surface area contributed by atoms with E-state index >= 15 is 0 Å². The van der Waals surface area contributed by atoms with E-state index in [1.54, 1.807) is 23.5 Å². The van der Waals surface area contributed by atoms with E-state index in [1.165, 1.54) is 4.88 Å². The van der Waals surface area contributed by atoms with Gasteiger partial charge in [-0.15, -0.1) is 11.3 Å². The van der Waals surface area contributed by atoms with Gasteiger partial charge < -0.3 is 25.3 Å². The fourth-order valence-corrected chi connectivity index (χ4v) is 5.08. The van der Waals surface area contributed by atoms with E-state index in [0.717, 1.165) is 80.7 Å². The van der Waals surface area contributed by atoms with Gasteiger partial charge >= 0.3 is 0 Å². The maximum atomic E-state index is 7.56. The number of nitrogen functional groups attached to an aromatic ring is 1. The van der Waals surface area contributed by atoms with Gasteiger partial charge in [0.25, 0.3) is 0 Å². The quantitative estimate of drug-likeness (QED) is 0.165. The maximum Gasteiger partial charge on any atom is 0.241 e. The van der Waals surface area contributed by atoms with Crippen molar-refractivity contribution >= 4 is 22.3 Å². The van der Waals surface area contributed by atoms with Gasteiger partial charge in [0, 0.05) is 49.1 Å². The molecule has 0 radical (unpaired) electrons. The average Bonchev–Trinajstić information content (AvgIpc) is 3.35. The summed E-state index contributed by atoms with van der Waals surface area (Å²) in [6, 6.07) is 15.3. The fourth-order valence-electron chi connectivity index (χ4n) is 4.16. The molecule has 4 rings (SSSR count). The lowest BCUT2D eigenvalue weighted by molar-refractivity contribution is -0.00211. The van der Waals surface area contributed by atoms with Gasteiger partial charge in [0.15, 0.2) is 5.13 Å². The molecule has 0 bridgehead atoms. The summed E-state index contributed by atoms with van der Waals surface area (Å²) in [4.78, 5) is 8.58. The Labute approximate surface area is 223 Å². The number of nitrogens with zero attached hydrogens (tertiary/aromatic N) is 2. The monoisotopic (exact) mass is 523 g/mol. The summed E-state index contributed by atoms with van der Waals surface area (Å²) in [5, 5.41) is 11.7. The molecule has 1 saturated heterocycles. The average molecular weight is 524 g/mol. The maximum absolute atomic E-state index is 7.56. The van der Waals surface area contributed by atoms with Crippen LogP contribution in [0.5, 0.6) is 11.5 Å². The van der Waals surface area contributed by atoms with E-state index in [0.29, 0.717) is 11.3 Å². The highest BCUT2D eigenvalue weighted by atomic mass is 32.1. The van der Waals surface area contributed by atoms with Crippen LogP contribution in [0.1, 0.15) is 36.6 Å². The molecule has 0 saturated carbocycles. The Morgan fingerprint density at radius 1 is 1.11 bits per heavy atom. The van der Waals surface area contributed by atoms with Crippen LogP contribution in [0, 0.1) is 5.41 Å². The first-order chi connectivity index (χ1) is 18.1. The van der Waals surface area contributed by atoms with Gasteiger partial charge in [-0.3, -0.25) is 10.3 Å². The van der Waals surface area contributed by atoms with E-state index in [1.807, 2.05) is 31.3 Å². The van der Waals surface area contributed by atoms with E-state index in [2.05, 4.69) is 29.3 Å². The minimum absolute atomic E-state index is 0.0385. The third kappa shape index (κ3) is 7.67. The Hall–Kier alpha value is -3.14. The van der Waals surface area contributed by atoms with Gasteiger partial charge in [0.2, 0.25) is 6.29 Å². The number of rotatable bonds is 13. The second-order valence-electron chi connectivity index (χ2n) is 9.01. The van der Waals surface area contributed by atoms with Crippen LogP contribution in [0.2, 0.25) is 0 Å². The molecule has 8 nitrogen and oxygen atoms in total. The molecule has 198 valence electrons. The summed E-state index contributed by atoms with van der Waals surface area (Å²) in [6.07, 6.45) is 3.37. The predicted octanol–water partition coefficient (Wildman–Crippen LogP) is 4.98.